The largest absolute Gasteiger partial charge is 0.358 e. The number of aromatic nitrogens is 2. The summed E-state index contributed by atoms with van der Waals surface area (Å²) in [4.78, 5) is 12.5. The number of amides is 1. The Morgan fingerprint density at radius 1 is 1.19 bits per heavy atom. The fraction of sp³-hybridized carbons (Fsp3) is 0.550. The number of anilines is 2. The van der Waals surface area contributed by atoms with Gasteiger partial charge in [-0.25, -0.2) is 8.42 Å². The molecular formula is C20H29N5O3S3. The molecule has 2 aromatic rings. The Bertz CT molecular complexity index is 982. The van der Waals surface area contributed by atoms with Crippen LogP contribution in [-0.4, -0.2) is 53.7 Å². The Morgan fingerprint density at radius 3 is 2.45 bits per heavy atom. The first-order valence-electron chi connectivity index (χ1n) is 10.3. The molecule has 1 aromatic carbocycles. The number of nitrogens with zero attached hydrogens (tertiary/aromatic N) is 3. The molecule has 1 amide bonds. The van der Waals surface area contributed by atoms with Crippen LogP contribution in [-0.2, 0) is 14.8 Å². The molecule has 11 heteroatoms. The van der Waals surface area contributed by atoms with E-state index in [2.05, 4.69) is 34.7 Å². The van der Waals surface area contributed by atoms with Crippen molar-refractivity contribution in [1.29, 1.82) is 0 Å². The number of hydrogen-bond donors (Lipinski definition) is 2. The minimum atomic E-state index is -3.53. The van der Waals surface area contributed by atoms with Crippen LogP contribution in [0.2, 0.25) is 0 Å². The molecule has 1 aliphatic heterocycles. The molecule has 2 unspecified atom stereocenters. The normalized spacial score (nSPS) is 20.0. The van der Waals surface area contributed by atoms with Gasteiger partial charge in [0, 0.05) is 24.8 Å². The van der Waals surface area contributed by atoms with Crippen molar-refractivity contribution < 1.29 is 13.2 Å². The van der Waals surface area contributed by atoms with Crippen LogP contribution in [0, 0.1) is 11.8 Å². The highest BCUT2D eigenvalue weighted by molar-refractivity contribution is 8.01. The molecule has 1 aromatic heterocycles. The number of benzene rings is 1. The van der Waals surface area contributed by atoms with E-state index in [1.807, 2.05) is 13.8 Å². The topological polar surface area (TPSA) is 104 Å². The zero-order valence-corrected chi connectivity index (χ0v) is 20.6. The number of thioether (sulfide) groups is 1. The van der Waals surface area contributed by atoms with Crippen molar-refractivity contribution in [3.63, 3.8) is 0 Å². The summed E-state index contributed by atoms with van der Waals surface area (Å²) in [5.41, 5.74) is 0.560. The molecule has 0 aliphatic carbocycles. The van der Waals surface area contributed by atoms with Crippen molar-refractivity contribution in [2.75, 3.05) is 29.5 Å². The lowest BCUT2D eigenvalue weighted by molar-refractivity contribution is -0.113. The lowest BCUT2D eigenvalue weighted by atomic mass is 9.94. The van der Waals surface area contributed by atoms with E-state index < -0.39 is 10.0 Å². The van der Waals surface area contributed by atoms with Gasteiger partial charge in [0.05, 0.1) is 10.6 Å². The quantitative estimate of drug-likeness (QED) is 0.551. The summed E-state index contributed by atoms with van der Waals surface area (Å²) in [5.74, 6) is 0.701. The Hall–Kier alpha value is -1.69. The van der Waals surface area contributed by atoms with Gasteiger partial charge in [0.2, 0.25) is 21.1 Å². The molecule has 0 saturated carbocycles. The fourth-order valence-corrected chi connectivity index (χ4v) is 6.94. The molecule has 170 valence electrons. The van der Waals surface area contributed by atoms with Gasteiger partial charge in [-0.2, -0.15) is 4.31 Å². The van der Waals surface area contributed by atoms with E-state index >= 15 is 0 Å². The smallest absolute Gasteiger partial charge is 0.243 e. The van der Waals surface area contributed by atoms with Gasteiger partial charge in [-0.1, -0.05) is 36.9 Å². The van der Waals surface area contributed by atoms with Crippen LogP contribution in [0.25, 0.3) is 0 Å². The number of carbonyl (C=O) groups is 1. The maximum absolute atomic E-state index is 13.0. The Morgan fingerprint density at radius 2 is 1.84 bits per heavy atom. The van der Waals surface area contributed by atoms with Crippen LogP contribution in [0.15, 0.2) is 33.5 Å². The lowest BCUT2D eigenvalue weighted by Gasteiger charge is -2.34. The fourth-order valence-electron chi connectivity index (χ4n) is 3.56. The Labute approximate surface area is 192 Å². The van der Waals surface area contributed by atoms with Crippen LogP contribution in [0.4, 0.5) is 10.8 Å². The molecule has 2 N–H and O–H groups in total. The molecule has 31 heavy (non-hydrogen) atoms. The maximum atomic E-state index is 13.0. The number of rotatable bonds is 8. The zero-order valence-electron chi connectivity index (χ0n) is 18.2. The van der Waals surface area contributed by atoms with Crippen LogP contribution in [0.3, 0.4) is 0 Å². The number of nitrogens with one attached hydrogen (secondary N) is 2. The lowest BCUT2D eigenvalue weighted by Crippen LogP contribution is -2.42. The summed E-state index contributed by atoms with van der Waals surface area (Å²) >= 11 is 2.72. The highest BCUT2D eigenvalue weighted by atomic mass is 32.2. The van der Waals surface area contributed by atoms with Crippen molar-refractivity contribution in [3.05, 3.63) is 24.3 Å². The molecule has 2 heterocycles. The van der Waals surface area contributed by atoms with Crippen molar-refractivity contribution in [2.24, 2.45) is 11.8 Å². The van der Waals surface area contributed by atoms with Crippen LogP contribution < -0.4 is 10.6 Å². The second-order valence-corrected chi connectivity index (χ2v) is 12.4. The van der Waals surface area contributed by atoms with Crippen LogP contribution in [0.5, 0.6) is 0 Å². The first-order valence-corrected chi connectivity index (χ1v) is 13.5. The van der Waals surface area contributed by atoms with E-state index in [1.54, 1.807) is 28.6 Å². The van der Waals surface area contributed by atoms with Gasteiger partial charge in [-0.3, -0.25) is 4.79 Å². The summed E-state index contributed by atoms with van der Waals surface area (Å²) < 4.78 is 28.2. The van der Waals surface area contributed by atoms with Crippen molar-refractivity contribution >= 4 is 49.8 Å². The van der Waals surface area contributed by atoms with E-state index in [1.165, 1.54) is 23.1 Å². The third-order valence-corrected chi connectivity index (χ3v) is 8.59. The molecule has 1 saturated heterocycles. The van der Waals surface area contributed by atoms with E-state index in [0.29, 0.717) is 35.0 Å². The van der Waals surface area contributed by atoms with Gasteiger partial charge in [0.1, 0.15) is 0 Å². The number of piperidine rings is 1. The van der Waals surface area contributed by atoms with Crippen molar-refractivity contribution in [3.8, 4) is 0 Å². The SMILES string of the molecule is CC1CC(C)CN(S(=O)(=O)c2ccc(NC(=O)CSc3nnc(NC(C)C)s3)cc2)C1. The standard InChI is InChI=1S/C20H29N5O3S3/c1-13(2)21-19-23-24-20(30-19)29-12-18(26)22-16-5-7-17(8-6-16)31(27,28)25-10-14(3)9-15(4)11-25/h5-8,13-15H,9-12H2,1-4H3,(H,21,23)(H,22,26). The molecule has 2 atom stereocenters. The third kappa shape index (κ3) is 6.64. The molecule has 8 nitrogen and oxygen atoms in total. The predicted octanol–water partition coefficient (Wildman–Crippen LogP) is 3.76. The third-order valence-electron chi connectivity index (χ3n) is 4.76. The van der Waals surface area contributed by atoms with Gasteiger partial charge in [0.15, 0.2) is 4.34 Å². The van der Waals surface area contributed by atoms with E-state index in [9.17, 15) is 13.2 Å². The second-order valence-electron chi connectivity index (χ2n) is 8.30. The highest BCUT2D eigenvalue weighted by Gasteiger charge is 2.31. The molecule has 1 fully saturated rings. The number of carbonyl (C=O) groups excluding carboxylic acids is 1. The molecule has 3 rings (SSSR count). The summed E-state index contributed by atoms with van der Waals surface area (Å²) in [6, 6.07) is 6.62. The summed E-state index contributed by atoms with van der Waals surface area (Å²) in [6.45, 7) is 9.29. The summed E-state index contributed by atoms with van der Waals surface area (Å²) in [5, 5.41) is 14.8. The van der Waals surface area contributed by atoms with E-state index in [-0.39, 0.29) is 22.6 Å². The maximum Gasteiger partial charge on any atom is 0.243 e. The molecule has 0 bridgehead atoms. The van der Waals surface area contributed by atoms with E-state index in [0.717, 1.165) is 11.6 Å². The zero-order chi connectivity index (χ0) is 22.6. The minimum absolute atomic E-state index is 0.187. The van der Waals surface area contributed by atoms with Gasteiger partial charge in [-0.05, 0) is 56.4 Å². The van der Waals surface area contributed by atoms with Crippen molar-refractivity contribution in [2.45, 2.75) is 49.4 Å². The average Bonchev–Trinajstić information content (AvgIpc) is 3.12. The van der Waals surface area contributed by atoms with Gasteiger partial charge in [0.25, 0.3) is 0 Å². The Balaban J connectivity index is 1.55. The number of hydrogen-bond acceptors (Lipinski definition) is 8. The number of sulfonamides is 1. The second kappa shape index (κ2) is 10.3. The summed E-state index contributed by atoms with van der Waals surface area (Å²) in [7, 11) is -3.53. The van der Waals surface area contributed by atoms with Crippen LogP contribution in [0.1, 0.15) is 34.1 Å². The molecule has 1 aliphatic rings. The van der Waals surface area contributed by atoms with Gasteiger partial charge < -0.3 is 10.6 Å². The summed E-state index contributed by atoms with van der Waals surface area (Å²) in [6.07, 6.45) is 1.04. The van der Waals surface area contributed by atoms with E-state index in [4.69, 9.17) is 0 Å². The van der Waals surface area contributed by atoms with Gasteiger partial charge in [-0.15, -0.1) is 10.2 Å². The first-order chi connectivity index (χ1) is 14.6. The monoisotopic (exact) mass is 483 g/mol. The molecule has 0 spiro atoms. The van der Waals surface area contributed by atoms with Gasteiger partial charge >= 0.3 is 0 Å². The minimum Gasteiger partial charge on any atom is -0.358 e. The highest BCUT2D eigenvalue weighted by Crippen LogP contribution is 2.28. The Kier molecular flexibility index (Phi) is 7.95. The average molecular weight is 484 g/mol. The molecular weight excluding hydrogens is 454 g/mol. The van der Waals surface area contributed by atoms with Crippen molar-refractivity contribution in [1.82, 2.24) is 14.5 Å². The predicted molar refractivity (Wildman–Crippen MR) is 126 cm³/mol. The van der Waals surface area contributed by atoms with Crippen LogP contribution >= 0.6 is 23.1 Å². The first kappa shape index (κ1) is 24.0. The molecule has 0 radical (unpaired) electrons.